The summed E-state index contributed by atoms with van der Waals surface area (Å²) < 4.78 is 7.76. The van der Waals surface area contributed by atoms with Crippen molar-refractivity contribution in [3.05, 3.63) is 12.2 Å². The van der Waals surface area contributed by atoms with E-state index in [1.54, 1.807) is 11.0 Å². The predicted octanol–water partition coefficient (Wildman–Crippen LogP) is 1.45. The third-order valence-corrected chi connectivity index (χ3v) is 5.86. The summed E-state index contributed by atoms with van der Waals surface area (Å²) in [5.41, 5.74) is 0.363. The highest BCUT2D eigenvalue weighted by molar-refractivity contribution is 14.0. The quantitative estimate of drug-likeness (QED) is 0.416. The van der Waals surface area contributed by atoms with Crippen molar-refractivity contribution in [2.24, 2.45) is 23.4 Å². The Kier molecular flexibility index (Phi) is 5.33. The van der Waals surface area contributed by atoms with Crippen LogP contribution in [0.4, 0.5) is 0 Å². The zero-order valence-corrected chi connectivity index (χ0v) is 16.7. The molecule has 3 fully saturated rings. The summed E-state index contributed by atoms with van der Waals surface area (Å²) >= 11 is 0. The molecule has 2 N–H and O–H groups in total. The number of ether oxygens (including phenoxy) is 1. The van der Waals surface area contributed by atoms with Gasteiger partial charge < -0.3 is 15.4 Å². The Morgan fingerprint density at radius 1 is 1.50 bits per heavy atom. The van der Waals surface area contributed by atoms with Gasteiger partial charge in [0, 0.05) is 37.6 Å². The van der Waals surface area contributed by atoms with E-state index in [0.717, 1.165) is 24.9 Å². The summed E-state index contributed by atoms with van der Waals surface area (Å²) in [6, 6.07) is 0.501. The molecule has 0 radical (unpaired) electrons. The Hall–Kier alpha value is -0.900. The van der Waals surface area contributed by atoms with Crippen LogP contribution >= 0.6 is 24.0 Å². The first-order chi connectivity index (χ1) is 11.2. The molecule has 1 saturated heterocycles. The van der Waals surface area contributed by atoms with Gasteiger partial charge in [0.05, 0.1) is 6.10 Å². The van der Waals surface area contributed by atoms with Crippen molar-refractivity contribution in [2.75, 3.05) is 13.2 Å². The van der Waals surface area contributed by atoms with Gasteiger partial charge in [-0.1, -0.05) is 6.42 Å². The number of aromatic nitrogens is 3. The number of hydrogen-bond acceptors (Lipinski definition) is 4. The minimum absolute atomic E-state index is 0. The van der Waals surface area contributed by atoms with Gasteiger partial charge >= 0.3 is 0 Å². The summed E-state index contributed by atoms with van der Waals surface area (Å²) in [6.45, 7) is 4.41. The van der Waals surface area contributed by atoms with Gasteiger partial charge in [-0.15, -0.1) is 24.0 Å². The highest BCUT2D eigenvalue weighted by Gasteiger charge is 2.66. The maximum Gasteiger partial charge on any atom is 0.191 e. The Labute approximate surface area is 160 Å². The molecule has 0 bridgehead atoms. The van der Waals surface area contributed by atoms with Crippen molar-refractivity contribution in [1.29, 1.82) is 0 Å². The summed E-state index contributed by atoms with van der Waals surface area (Å²) in [5, 5.41) is 11.2. The van der Waals surface area contributed by atoms with E-state index in [9.17, 15) is 0 Å². The predicted molar refractivity (Wildman–Crippen MR) is 102 cm³/mol. The van der Waals surface area contributed by atoms with Gasteiger partial charge in [0.15, 0.2) is 5.96 Å². The Bertz CT molecular complexity index is 599. The lowest BCUT2D eigenvalue weighted by Crippen LogP contribution is -2.72. The van der Waals surface area contributed by atoms with Crippen molar-refractivity contribution >= 4 is 29.9 Å². The van der Waals surface area contributed by atoms with Gasteiger partial charge in [-0.3, -0.25) is 4.68 Å². The van der Waals surface area contributed by atoms with Gasteiger partial charge in [0.25, 0.3) is 0 Å². The van der Waals surface area contributed by atoms with Crippen molar-refractivity contribution in [2.45, 2.75) is 51.3 Å². The number of rotatable bonds is 4. The van der Waals surface area contributed by atoms with E-state index in [2.05, 4.69) is 27.6 Å². The number of aryl methyl sites for hydroxylation is 1. The van der Waals surface area contributed by atoms with Gasteiger partial charge in [0.2, 0.25) is 0 Å². The molecule has 0 amide bonds. The van der Waals surface area contributed by atoms with E-state index in [1.807, 2.05) is 7.05 Å². The molecule has 4 rings (SSSR count). The zero-order chi connectivity index (χ0) is 15.9. The van der Waals surface area contributed by atoms with Gasteiger partial charge in [-0.2, -0.15) is 5.10 Å². The molecule has 24 heavy (non-hydrogen) atoms. The highest BCUT2D eigenvalue weighted by Crippen LogP contribution is 2.62. The van der Waals surface area contributed by atoms with Crippen LogP contribution in [0.1, 0.15) is 38.4 Å². The number of nitrogens with one attached hydrogen (secondary N) is 2. The molecule has 1 spiro atoms. The van der Waals surface area contributed by atoms with Crippen molar-refractivity contribution < 1.29 is 4.74 Å². The number of nitrogens with zero attached hydrogens (tertiary/aromatic N) is 4. The molecule has 3 unspecified atom stereocenters. The van der Waals surface area contributed by atoms with Crippen molar-refractivity contribution in [1.82, 2.24) is 25.4 Å². The van der Waals surface area contributed by atoms with Crippen LogP contribution < -0.4 is 10.6 Å². The third kappa shape index (κ3) is 2.81. The lowest BCUT2D eigenvalue weighted by molar-refractivity contribution is -0.171. The van der Waals surface area contributed by atoms with Crippen LogP contribution in [0, 0.1) is 11.3 Å². The van der Waals surface area contributed by atoms with Gasteiger partial charge in [-0.25, -0.2) is 9.98 Å². The molecular formula is C16H27IN6O. The van der Waals surface area contributed by atoms with Crippen LogP contribution in [-0.2, 0) is 18.3 Å². The van der Waals surface area contributed by atoms with Crippen LogP contribution in [0.15, 0.2) is 11.3 Å². The second-order valence-corrected chi connectivity index (χ2v) is 6.95. The molecule has 1 aromatic heterocycles. The molecule has 0 aromatic carbocycles. The maximum atomic E-state index is 5.99. The monoisotopic (exact) mass is 446 g/mol. The largest absolute Gasteiger partial charge is 0.377 e. The fourth-order valence-electron chi connectivity index (χ4n) is 4.54. The second-order valence-electron chi connectivity index (χ2n) is 6.95. The Morgan fingerprint density at radius 3 is 2.96 bits per heavy atom. The van der Waals surface area contributed by atoms with Crippen LogP contribution in [0.25, 0.3) is 0 Å². The minimum atomic E-state index is 0. The maximum absolute atomic E-state index is 5.99. The van der Waals surface area contributed by atoms with E-state index < -0.39 is 0 Å². The number of guanidine groups is 1. The first-order valence-corrected chi connectivity index (χ1v) is 8.74. The normalized spacial score (nSPS) is 30.1. The smallest absolute Gasteiger partial charge is 0.191 e. The number of hydrogen-bond donors (Lipinski definition) is 2. The summed E-state index contributed by atoms with van der Waals surface area (Å²) in [6.07, 6.45) is 7.13. The van der Waals surface area contributed by atoms with Crippen LogP contribution in [0.5, 0.6) is 0 Å². The number of fused-ring (bicyclic) bond motifs is 2. The SMILES string of the molecule is CCNC(=NCc1ncnn1C)NC1C2CCOC2C12CCC2.I. The van der Waals surface area contributed by atoms with E-state index in [-0.39, 0.29) is 24.0 Å². The summed E-state index contributed by atoms with van der Waals surface area (Å²) in [4.78, 5) is 8.95. The van der Waals surface area contributed by atoms with Crippen LogP contribution in [0.2, 0.25) is 0 Å². The zero-order valence-electron chi connectivity index (χ0n) is 14.4. The van der Waals surface area contributed by atoms with E-state index in [4.69, 9.17) is 9.73 Å². The number of halogens is 1. The topological polar surface area (TPSA) is 76.4 Å². The molecule has 1 aliphatic heterocycles. The fourth-order valence-corrected chi connectivity index (χ4v) is 4.54. The molecule has 134 valence electrons. The van der Waals surface area contributed by atoms with E-state index >= 15 is 0 Å². The number of aliphatic imine (C=N–C) groups is 1. The molecule has 2 heterocycles. The van der Waals surface area contributed by atoms with Crippen LogP contribution in [-0.4, -0.2) is 46.0 Å². The molecule has 2 aliphatic carbocycles. The molecule has 1 aromatic rings. The van der Waals surface area contributed by atoms with Gasteiger partial charge in [-0.05, 0) is 26.2 Å². The molecule has 8 heteroatoms. The van der Waals surface area contributed by atoms with Crippen molar-refractivity contribution in [3.63, 3.8) is 0 Å². The lowest BCUT2D eigenvalue weighted by Gasteiger charge is -2.63. The summed E-state index contributed by atoms with van der Waals surface area (Å²) in [5.74, 6) is 2.40. The summed E-state index contributed by atoms with van der Waals surface area (Å²) in [7, 11) is 1.90. The molecule has 2 saturated carbocycles. The van der Waals surface area contributed by atoms with Gasteiger partial charge in [0.1, 0.15) is 18.7 Å². The fraction of sp³-hybridized carbons (Fsp3) is 0.812. The van der Waals surface area contributed by atoms with Crippen molar-refractivity contribution in [3.8, 4) is 0 Å². The third-order valence-electron chi connectivity index (χ3n) is 5.86. The van der Waals surface area contributed by atoms with E-state index in [0.29, 0.717) is 30.0 Å². The highest BCUT2D eigenvalue weighted by atomic mass is 127. The van der Waals surface area contributed by atoms with Crippen LogP contribution in [0.3, 0.4) is 0 Å². The Morgan fingerprint density at radius 2 is 2.33 bits per heavy atom. The average Bonchev–Trinajstić information content (AvgIpc) is 3.08. The Balaban J connectivity index is 0.00000169. The lowest BCUT2D eigenvalue weighted by atomic mass is 9.46. The molecular weight excluding hydrogens is 419 g/mol. The second kappa shape index (κ2) is 7.15. The first-order valence-electron chi connectivity index (χ1n) is 8.74. The first kappa shape index (κ1) is 17.9. The minimum Gasteiger partial charge on any atom is -0.377 e. The molecule has 7 nitrogen and oxygen atoms in total. The van der Waals surface area contributed by atoms with E-state index in [1.165, 1.54) is 25.7 Å². The average molecular weight is 446 g/mol. The molecule has 3 atom stereocenters. The molecule has 3 aliphatic rings. The standard InChI is InChI=1S/C16H26N6O.HI/c1-3-17-15(18-9-12-19-10-20-22(12)2)21-13-11-5-8-23-14(11)16(13)6-4-7-16;/h10-11,13-14H,3-9H2,1-2H3,(H2,17,18,21);1H.